The van der Waals surface area contributed by atoms with Crippen molar-refractivity contribution < 1.29 is 9.47 Å². The number of rotatable bonds is 8. The molecule has 2 aromatic carbocycles. The topological polar surface area (TPSA) is 30.5 Å². The summed E-state index contributed by atoms with van der Waals surface area (Å²) in [6, 6.07) is 16.3. The quantitative estimate of drug-likeness (QED) is 0.671. The minimum atomic E-state index is 0.0817. The summed E-state index contributed by atoms with van der Waals surface area (Å²) in [5.41, 5.74) is 2.40. The van der Waals surface area contributed by atoms with Gasteiger partial charge >= 0.3 is 0 Å². The molecule has 0 unspecified atom stereocenters. The summed E-state index contributed by atoms with van der Waals surface area (Å²) in [5.74, 6) is 1.88. The first kappa shape index (κ1) is 18.2. The van der Waals surface area contributed by atoms with Gasteiger partial charge in [0.1, 0.15) is 18.1 Å². The zero-order chi connectivity index (χ0) is 17.4. The van der Waals surface area contributed by atoms with E-state index < -0.39 is 0 Å². The third-order valence-corrected chi connectivity index (χ3v) is 3.71. The van der Waals surface area contributed by atoms with Crippen LogP contribution in [0.3, 0.4) is 0 Å². The molecule has 0 aliphatic rings. The van der Waals surface area contributed by atoms with Gasteiger partial charge in [0.15, 0.2) is 0 Å². The highest BCUT2D eigenvalue weighted by Gasteiger charge is 2.18. The van der Waals surface area contributed by atoms with Gasteiger partial charge in [-0.3, -0.25) is 0 Å². The molecule has 0 amide bonds. The molecule has 0 spiro atoms. The average molecular weight is 327 g/mol. The molecule has 0 saturated heterocycles. The standard InChI is InChI=1S/C21H29NO2/c1-5-15-23-18-12-10-17(11-13-18)22-14-16-24-20-9-7-6-8-19(20)21(2,3)4/h6-13,22H,5,14-16H2,1-4H3. The molecule has 0 fully saturated rings. The predicted octanol–water partition coefficient (Wildman–Crippen LogP) is 5.26. The Morgan fingerprint density at radius 1 is 0.875 bits per heavy atom. The van der Waals surface area contributed by atoms with E-state index in [0.717, 1.165) is 36.8 Å². The van der Waals surface area contributed by atoms with Gasteiger partial charge in [0.2, 0.25) is 0 Å². The monoisotopic (exact) mass is 327 g/mol. The largest absolute Gasteiger partial charge is 0.494 e. The van der Waals surface area contributed by atoms with Crippen molar-refractivity contribution in [2.24, 2.45) is 0 Å². The van der Waals surface area contributed by atoms with E-state index in [0.29, 0.717) is 6.61 Å². The number of nitrogens with one attached hydrogen (secondary N) is 1. The first-order valence-electron chi connectivity index (χ1n) is 8.69. The molecule has 0 aliphatic heterocycles. The first-order valence-corrected chi connectivity index (χ1v) is 8.69. The Morgan fingerprint density at radius 2 is 1.58 bits per heavy atom. The van der Waals surface area contributed by atoms with Gasteiger partial charge in [-0.25, -0.2) is 0 Å². The van der Waals surface area contributed by atoms with Crippen molar-refractivity contribution in [3.8, 4) is 11.5 Å². The van der Waals surface area contributed by atoms with Crippen molar-refractivity contribution in [3.05, 3.63) is 54.1 Å². The summed E-state index contributed by atoms with van der Waals surface area (Å²) < 4.78 is 11.6. The van der Waals surface area contributed by atoms with Crippen molar-refractivity contribution >= 4 is 5.69 Å². The van der Waals surface area contributed by atoms with Crippen LogP contribution in [0.15, 0.2) is 48.5 Å². The maximum absolute atomic E-state index is 5.98. The molecule has 3 nitrogen and oxygen atoms in total. The van der Waals surface area contributed by atoms with E-state index in [4.69, 9.17) is 9.47 Å². The van der Waals surface area contributed by atoms with Crippen molar-refractivity contribution in [1.82, 2.24) is 0 Å². The lowest BCUT2D eigenvalue weighted by atomic mass is 9.86. The molecule has 3 heteroatoms. The van der Waals surface area contributed by atoms with Gasteiger partial charge in [0.25, 0.3) is 0 Å². The second-order valence-corrected chi connectivity index (χ2v) is 6.89. The lowest BCUT2D eigenvalue weighted by molar-refractivity contribution is 0.317. The van der Waals surface area contributed by atoms with Gasteiger partial charge in [-0.1, -0.05) is 45.9 Å². The second-order valence-electron chi connectivity index (χ2n) is 6.89. The van der Waals surface area contributed by atoms with Gasteiger partial charge in [0.05, 0.1) is 6.61 Å². The van der Waals surface area contributed by atoms with Gasteiger partial charge in [-0.05, 0) is 47.7 Å². The fourth-order valence-electron chi connectivity index (χ4n) is 2.46. The smallest absolute Gasteiger partial charge is 0.123 e. The van der Waals surface area contributed by atoms with Crippen LogP contribution in [0.1, 0.15) is 39.7 Å². The number of benzene rings is 2. The first-order chi connectivity index (χ1) is 11.5. The molecule has 2 aromatic rings. The van der Waals surface area contributed by atoms with Crippen LogP contribution < -0.4 is 14.8 Å². The van der Waals surface area contributed by atoms with Crippen LogP contribution in [0.5, 0.6) is 11.5 Å². The van der Waals surface area contributed by atoms with E-state index in [1.807, 2.05) is 36.4 Å². The molecule has 2 rings (SSSR count). The van der Waals surface area contributed by atoms with Gasteiger partial charge in [-0.15, -0.1) is 0 Å². The van der Waals surface area contributed by atoms with E-state index in [9.17, 15) is 0 Å². The lowest BCUT2D eigenvalue weighted by Gasteiger charge is -2.22. The van der Waals surface area contributed by atoms with Crippen molar-refractivity contribution in [1.29, 1.82) is 0 Å². The Kier molecular flexibility index (Phi) is 6.53. The Morgan fingerprint density at radius 3 is 2.25 bits per heavy atom. The Balaban J connectivity index is 1.81. The number of ether oxygens (including phenoxy) is 2. The summed E-state index contributed by atoms with van der Waals surface area (Å²) in [6.45, 7) is 10.9. The van der Waals surface area contributed by atoms with Crippen molar-refractivity contribution in [2.45, 2.75) is 39.5 Å². The minimum Gasteiger partial charge on any atom is -0.494 e. The highest BCUT2D eigenvalue weighted by molar-refractivity contribution is 5.46. The van der Waals surface area contributed by atoms with Crippen LogP contribution in [-0.4, -0.2) is 19.8 Å². The van der Waals surface area contributed by atoms with Crippen LogP contribution in [0.2, 0.25) is 0 Å². The van der Waals surface area contributed by atoms with E-state index in [1.165, 1.54) is 5.56 Å². The Hall–Kier alpha value is -2.16. The molecule has 0 radical (unpaired) electrons. The summed E-state index contributed by atoms with van der Waals surface area (Å²) in [7, 11) is 0. The highest BCUT2D eigenvalue weighted by Crippen LogP contribution is 2.30. The van der Waals surface area contributed by atoms with Crippen molar-refractivity contribution in [3.63, 3.8) is 0 Å². The molecule has 0 aliphatic carbocycles. The number of hydrogen-bond donors (Lipinski definition) is 1. The average Bonchev–Trinajstić information content (AvgIpc) is 2.57. The Bertz CT molecular complexity index is 614. The SMILES string of the molecule is CCCOc1ccc(NCCOc2ccccc2C(C)(C)C)cc1. The molecule has 0 heterocycles. The van der Waals surface area contributed by atoms with E-state index >= 15 is 0 Å². The van der Waals surface area contributed by atoms with E-state index in [-0.39, 0.29) is 5.41 Å². The highest BCUT2D eigenvalue weighted by atomic mass is 16.5. The fourth-order valence-corrected chi connectivity index (χ4v) is 2.46. The summed E-state index contributed by atoms with van der Waals surface area (Å²) in [5, 5.41) is 3.38. The zero-order valence-corrected chi connectivity index (χ0v) is 15.3. The van der Waals surface area contributed by atoms with E-state index in [1.54, 1.807) is 0 Å². The van der Waals surface area contributed by atoms with Gasteiger partial charge < -0.3 is 14.8 Å². The summed E-state index contributed by atoms with van der Waals surface area (Å²) in [6.07, 6.45) is 1.02. The van der Waals surface area contributed by atoms with Crippen LogP contribution >= 0.6 is 0 Å². The number of anilines is 1. The fraction of sp³-hybridized carbons (Fsp3) is 0.429. The molecule has 24 heavy (non-hydrogen) atoms. The maximum Gasteiger partial charge on any atom is 0.123 e. The predicted molar refractivity (Wildman–Crippen MR) is 101 cm³/mol. The minimum absolute atomic E-state index is 0.0817. The molecule has 0 bridgehead atoms. The molecule has 0 atom stereocenters. The molecular formula is C21H29NO2. The third kappa shape index (κ3) is 5.48. The molecular weight excluding hydrogens is 298 g/mol. The number of para-hydroxylation sites is 1. The molecule has 130 valence electrons. The molecule has 0 aromatic heterocycles. The van der Waals surface area contributed by atoms with Crippen molar-refractivity contribution in [2.75, 3.05) is 25.1 Å². The normalized spacial score (nSPS) is 11.2. The summed E-state index contributed by atoms with van der Waals surface area (Å²) >= 11 is 0. The van der Waals surface area contributed by atoms with Crippen LogP contribution in [0.25, 0.3) is 0 Å². The number of hydrogen-bond acceptors (Lipinski definition) is 3. The lowest BCUT2D eigenvalue weighted by Crippen LogP contribution is -2.16. The van der Waals surface area contributed by atoms with Gasteiger partial charge in [0, 0.05) is 12.2 Å². The summed E-state index contributed by atoms with van der Waals surface area (Å²) in [4.78, 5) is 0. The van der Waals surface area contributed by atoms with Crippen LogP contribution in [0.4, 0.5) is 5.69 Å². The second kappa shape index (κ2) is 8.62. The molecule has 1 N–H and O–H groups in total. The zero-order valence-electron chi connectivity index (χ0n) is 15.3. The van der Waals surface area contributed by atoms with Crippen LogP contribution in [-0.2, 0) is 5.41 Å². The maximum atomic E-state index is 5.98. The van der Waals surface area contributed by atoms with Gasteiger partial charge in [-0.2, -0.15) is 0 Å². The third-order valence-electron chi connectivity index (χ3n) is 3.71. The Labute approximate surface area is 146 Å². The molecule has 0 saturated carbocycles. The van der Waals surface area contributed by atoms with Crippen LogP contribution in [0, 0.1) is 0 Å². The van der Waals surface area contributed by atoms with E-state index in [2.05, 4.69) is 45.1 Å².